The van der Waals surface area contributed by atoms with E-state index in [9.17, 15) is 9.90 Å². The standard InChI is InChI=1S/C15H16N2O2/c1-17(2)13-9-5-3-7-11(13)15(19)16-12-8-4-6-10-14(12)18/h3-10,18H,1-2H3,(H,16,19). The predicted octanol–water partition coefficient (Wildman–Crippen LogP) is 2.71. The quantitative estimate of drug-likeness (QED) is 0.830. The van der Waals surface area contributed by atoms with Crippen molar-refractivity contribution in [2.75, 3.05) is 24.3 Å². The van der Waals surface area contributed by atoms with Gasteiger partial charge in [0.05, 0.1) is 11.3 Å². The van der Waals surface area contributed by atoms with E-state index in [1.165, 1.54) is 6.07 Å². The van der Waals surface area contributed by atoms with Crippen LogP contribution in [-0.2, 0) is 0 Å². The monoisotopic (exact) mass is 256 g/mol. The van der Waals surface area contributed by atoms with Crippen molar-refractivity contribution in [3.05, 3.63) is 54.1 Å². The van der Waals surface area contributed by atoms with Crippen LogP contribution >= 0.6 is 0 Å². The van der Waals surface area contributed by atoms with Crippen LogP contribution < -0.4 is 10.2 Å². The summed E-state index contributed by atoms with van der Waals surface area (Å²) in [6.45, 7) is 0. The van der Waals surface area contributed by atoms with E-state index < -0.39 is 0 Å². The first-order valence-corrected chi connectivity index (χ1v) is 5.95. The maximum Gasteiger partial charge on any atom is 0.257 e. The summed E-state index contributed by atoms with van der Waals surface area (Å²) in [7, 11) is 3.76. The minimum absolute atomic E-state index is 0.0539. The van der Waals surface area contributed by atoms with E-state index in [0.717, 1.165) is 5.69 Å². The van der Waals surface area contributed by atoms with Gasteiger partial charge < -0.3 is 15.3 Å². The normalized spacial score (nSPS) is 10.0. The number of anilines is 2. The van der Waals surface area contributed by atoms with Crippen LogP contribution in [0.3, 0.4) is 0 Å². The molecular weight excluding hydrogens is 240 g/mol. The number of para-hydroxylation sites is 3. The van der Waals surface area contributed by atoms with Crippen LogP contribution in [0, 0.1) is 0 Å². The lowest BCUT2D eigenvalue weighted by Crippen LogP contribution is -2.18. The van der Waals surface area contributed by atoms with Crippen molar-refractivity contribution >= 4 is 17.3 Å². The molecule has 0 spiro atoms. The van der Waals surface area contributed by atoms with Crippen LogP contribution in [-0.4, -0.2) is 25.1 Å². The van der Waals surface area contributed by atoms with E-state index in [2.05, 4.69) is 5.32 Å². The maximum atomic E-state index is 12.2. The minimum Gasteiger partial charge on any atom is -0.506 e. The second-order valence-electron chi connectivity index (χ2n) is 4.38. The molecule has 0 saturated carbocycles. The zero-order chi connectivity index (χ0) is 13.8. The van der Waals surface area contributed by atoms with Gasteiger partial charge in [-0.2, -0.15) is 0 Å². The van der Waals surface area contributed by atoms with Crippen molar-refractivity contribution in [1.29, 1.82) is 0 Å². The van der Waals surface area contributed by atoms with Crippen molar-refractivity contribution < 1.29 is 9.90 Å². The van der Waals surface area contributed by atoms with Crippen LogP contribution in [0.1, 0.15) is 10.4 Å². The molecule has 2 rings (SSSR count). The number of phenols is 1. The fraction of sp³-hybridized carbons (Fsp3) is 0.133. The molecule has 0 saturated heterocycles. The molecule has 2 N–H and O–H groups in total. The van der Waals surface area contributed by atoms with Crippen molar-refractivity contribution in [3.8, 4) is 5.75 Å². The average molecular weight is 256 g/mol. The Bertz CT molecular complexity index is 594. The van der Waals surface area contributed by atoms with Crippen molar-refractivity contribution in [3.63, 3.8) is 0 Å². The molecule has 0 heterocycles. The molecule has 19 heavy (non-hydrogen) atoms. The van der Waals surface area contributed by atoms with Gasteiger partial charge in [0.15, 0.2) is 0 Å². The van der Waals surface area contributed by atoms with Crippen LogP contribution in [0.4, 0.5) is 11.4 Å². The molecular formula is C15H16N2O2. The number of amides is 1. The number of nitrogens with one attached hydrogen (secondary N) is 1. The smallest absolute Gasteiger partial charge is 0.257 e. The summed E-state index contributed by atoms with van der Waals surface area (Å²) in [5.41, 5.74) is 1.80. The highest BCUT2D eigenvalue weighted by Gasteiger charge is 2.13. The molecule has 4 nitrogen and oxygen atoms in total. The van der Waals surface area contributed by atoms with E-state index in [4.69, 9.17) is 0 Å². The summed E-state index contributed by atoms with van der Waals surface area (Å²) >= 11 is 0. The molecule has 0 aliphatic rings. The van der Waals surface area contributed by atoms with Crippen molar-refractivity contribution in [2.24, 2.45) is 0 Å². The lowest BCUT2D eigenvalue weighted by molar-refractivity contribution is 0.102. The van der Waals surface area contributed by atoms with Crippen LogP contribution in [0.15, 0.2) is 48.5 Å². The molecule has 98 valence electrons. The second-order valence-corrected chi connectivity index (χ2v) is 4.38. The molecule has 0 radical (unpaired) electrons. The van der Waals surface area contributed by atoms with Crippen LogP contribution in [0.25, 0.3) is 0 Å². The van der Waals surface area contributed by atoms with E-state index >= 15 is 0 Å². The van der Waals surface area contributed by atoms with E-state index in [1.807, 2.05) is 37.2 Å². The van der Waals surface area contributed by atoms with Crippen molar-refractivity contribution in [1.82, 2.24) is 0 Å². The van der Waals surface area contributed by atoms with Gasteiger partial charge in [-0.05, 0) is 24.3 Å². The molecule has 0 fully saturated rings. The summed E-state index contributed by atoms with van der Waals surface area (Å²) in [5, 5.41) is 12.4. The van der Waals surface area contributed by atoms with E-state index in [-0.39, 0.29) is 11.7 Å². The van der Waals surface area contributed by atoms with Gasteiger partial charge in [0.1, 0.15) is 5.75 Å². The highest BCUT2D eigenvalue weighted by molar-refractivity contribution is 6.08. The maximum absolute atomic E-state index is 12.2. The molecule has 4 heteroatoms. The highest BCUT2D eigenvalue weighted by Crippen LogP contribution is 2.24. The Morgan fingerprint density at radius 2 is 1.68 bits per heavy atom. The Balaban J connectivity index is 2.29. The largest absolute Gasteiger partial charge is 0.506 e. The SMILES string of the molecule is CN(C)c1ccccc1C(=O)Nc1ccccc1O. The third-order valence-corrected chi connectivity index (χ3v) is 2.78. The molecule has 0 bridgehead atoms. The summed E-state index contributed by atoms with van der Waals surface area (Å²) < 4.78 is 0. The fourth-order valence-corrected chi connectivity index (χ4v) is 1.82. The zero-order valence-electron chi connectivity index (χ0n) is 10.9. The lowest BCUT2D eigenvalue weighted by Gasteiger charge is -2.17. The third kappa shape index (κ3) is 2.85. The Morgan fingerprint density at radius 1 is 1.05 bits per heavy atom. The molecule has 0 aliphatic carbocycles. The number of benzene rings is 2. The highest BCUT2D eigenvalue weighted by atomic mass is 16.3. The first-order valence-electron chi connectivity index (χ1n) is 5.95. The number of hydrogen-bond donors (Lipinski definition) is 2. The van der Waals surface area contributed by atoms with Crippen LogP contribution in [0.2, 0.25) is 0 Å². The molecule has 0 aliphatic heterocycles. The first kappa shape index (κ1) is 13.0. The Hall–Kier alpha value is -2.49. The molecule has 1 amide bonds. The number of rotatable bonds is 3. The molecule has 2 aromatic carbocycles. The van der Waals surface area contributed by atoms with Gasteiger partial charge in [-0.3, -0.25) is 4.79 Å². The number of aromatic hydroxyl groups is 1. The van der Waals surface area contributed by atoms with E-state index in [0.29, 0.717) is 11.3 Å². The van der Waals surface area contributed by atoms with Gasteiger partial charge in [0.2, 0.25) is 0 Å². The third-order valence-electron chi connectivity index (χ3n) is 2.78. The van der Waals surface area contributed by atoms with Gasteiger partial charge in [-0.25, -0.2) is 0 Å². The average Bonchev–Trinajstić information content (AvgIpc) is 2.41. The topological polar surface area (TPSA) is 52.6 Å². The van der Waals surface area contributed by atoms with Gasteiger partial charge in [0, 0.05) is 19.8 Å². The lowest BCUT2D eigenvalue weighted by atomic mass is 10.1. The zero-order valence-corrected chi connectivity index (χ0v) is 10.9. The summed E-state index contributed by atoms with van der Waals surface area (Å²) in [6, 6.07) is 14.0. The Labute approximate surface area is 112 Å². The first-order chi connectivity index (χ1) is 9.09. The predicted molar refractivity (Wildman–Crippen MR) is 76.8 cm³/mol. The summed E-state index contributed by atoms with van der Waals surface area (Å²) in [5.74, 6) is -0.191. The number of phenolic OH excluding ortho intramolecular Hbond substituents is 1. The van der Waals surface area contributed by atoms with Crippen LogP contribution in [0.5, 0.6) is 5.75 Å². The fourth-order valence-electron chi connectivity index (χ4n) is 1.82. The number of carbonyl (C=O) groups is 1. The van der Waals surface area contributed by atoms with Gasteiger partial charge in [-0.15, -0.1) is 0 Å². The number of nitrogens with zero attached hydrogens (tertiary/aromatic N) is 1. The number of hydrogen-bond acceptors (Lipinski definition) is 3. The minimum atomic E-state index is -0.245. The van der Waals surface area contributed by atoms with Gasteiger partial charge >= 0.3 is 0 Å². The summed E-state index contributed by atoms with van der Waals surface area (Å²) in [6.07, 6.45) is 0. The summed E-state index contributed by atoms with van der Waals surface area (Å²) in [4.78, 5) is 14.1. The second kappa shape index (κ2) is 5.44. The Morgan fingerprint density at radius 3 is 2.37 bits per heavy atom. The van der Waals surface area contributed by atoms with Crippen molar-refractivity contribution in [2.45, 2.75) is 0 Å². The molecule has 0 unspecified atom stereocenters. The van der Waals surface area contributed by atoms with Gasteiger partial charge in [0.25, 0.3) is 5.91 Å². The molecule has 0 atom stereocenters. The van der Waals surface area contributed by atoms with E-state index in [1.54, 1.807) is 24.3 Å². The Kier molecular flexibility index (Phi) is 3.71. The number of carbonyl (C=O) groups excluding carboxylic acids is 1. The van der Waals surface area contributed by atoms with Gasteiger partial charge in [-0.1, -0.05) is 24.3 Å². The molecule has 2 aromatic rings. The molecule has 0 aromatic heterocycles.